The van der Waals surface area contributed by atoms with E-state index in [0.29, 0.717) is 6.04 Å². The summed E-state index contributed by atoms with van der Waals surface area (Å²) in [5.41, 5.74) is 9.57. The Kier molecular flexibility index (Phi) is 3.72. The van der Waals surface area contributed by atoms with Gasteiger partial charge in [0.05, 0.1) is 0 Å². The molecule has 1 fully saturated rings. The normalized spacial score (nSPS) is 26.1. The number of nitrogen functional groups attached to an aromatic ring is 1. The van der Waals surface area contributed by atoms with Gasteiger partial charge in [0.1, 0.15) is 0 Å². The lowest BCUT2D eigenvalue weighted by Gasteiger charge is -2.38. The smallest absolute Gasteiger partial charge is 0.0359 e. The highest BCUT2D eigenvalue weighted by Gasteiger charge is 2.24. The zero-order valence-corrected chi connectivity index (χ0v) is 11.2. The summed E-state index contributed by atoms with van der Waals surface area (Å²) >= 11 is 0. The number of hydrogen-bond acceptors (Lipinski definition) is 2. The summed E-state index contributed by atoms with van der Waals surface area (Å²) < 4.78 is 0. The highest BCUT2D eigenvalue weighted by atomic mass is 15.2. The van der Waals surface area contributed by atoms with Crippen LogP contribution in [0.15, 0.2) is 18.2 Å². The van der Waals surface area contributed by atoms with E-state index in [1.54, 1.807) is 0 Å². The Morgan fingerprint density at radius 2 is 2.12 bits per heavy atom. The fraction of sp³-hybridized carbons (Fsp3) is 0.600. The molecule has 0 bridgehead atoms. The molecule has 1 heterocycles. The third kappa shape index (κ3) is 2.81. The first-order valence-electron chi connectivity index (χ1n) is 6.67. The van der Waals surface area contributed by atoms with Gasteiger partial charge in [0, 0.05) is 18.3 Å². The average molecular weight is 232 g/mol. The van der Waals surface area contributed by atoms with Crippen molar-refractivity contribution in [2.45, 2.75) is 46.2 Å². The molecule has 0 saturated carbocycles. The number of hydrogen-bond donors (Lipinski definition) is 1. The predicted octanol–water partition coefficient (Wildman–Crippen LogP) is 3.20. The third-order valence-corrected chi connectivity index (χ3v) is 4.18. The highest BCUT2D eigenvalue weighted by Crippen LogP contribution is 2.26. The van der Waals surface area contributed by atoms with Crippen LogP contribution in [0.3, 0.4) is 0 Å². The molecule has 1 aliphatic rings. The van der Waals surface area contributed by atoms with Crippen molar-refractivity contribution in [2.75, 3.05) is 12.3 Å². The quantitative estimate of drug-likeness (QED) is 0.793. The summed E-state index contributed by atoms with van der Waals surface area (Å²) in [7, 11) is 0. The largest absolute Gasteiger partial charge is 0.398 e. The van der Waals surface area contributed by atoms with Crippen molar-refractivity contribution in [3.63, 3.8) is 0 Å². The summed E-state index contributed by atoms with van der Waals surface area (Å²) in [6, 6.07) is 7.01. The molecule has 94 valence electrons. The SMILES string of the molecule is Cc1ccc(N)c(CN2CCCC(C)C2C)c1. The first kappa shape index (κ1) is 12.4. The van der Waals surface area contributed by atoms with Crippen molar-refractivity contribution in [1.82, 2.24) is 4.90 Å². The van der Waals surface area contributed by atoms with Crippen LogP contribution in [-0.2, 0) is 6.54 Å². The number of aryl methyl sites for hydroxylation is 1. The molecule has 2 heteroatoms. The molecule has 0 aliphatic carbocycles. The van der Waals surface area contributed by atoms with Crippen molar-refractivity contribution in [2.24, 2.45) is 5.92 Å². The Labute approximate surface area is 105 Å². The summed E-state index contributed by atoms with van der Waals surface area (Å²) in [4.78, 5) is 2.57. The van der Waals surface area contributed by atoms with Crippen molar-refractivity contribution in [3.05, 3.63) is 29.3 Å². The van der Waals surface area contributed by atoms with Gasteiger partial charge < -0.3 is 5.73 Å². The van der Waals surface area contributed by atoms with Crippen LogP contribution in [0.4, 0.5) is 5.69 Å². The maximum absolute atomic E-state index is 6.06. The van der Waals surface area contributed by atoms with Crippen molar-refractivity contribution in [1.29, 1.82) is 0 Å². The Balaban J connectivity index is 2.11. The molecule has 1 saturated heterocycles. The molecule has 1 aromatic rings. The summed E-state index contributed by atoms with van der Waals surface area (Å²) in [5.74, 6) is 0.801. The van der Waals surface area contributed by atoms with Crippen LogP contribution in [0.1, 0.15) is 37.8 Å². The van der Waals surface area contributed by atoms with Gasteiger partial charge in [-0.3, -0.25) is 4.90 Å². The fourth-order valence-electron chi connectivity index (χ4n) is 2.73. The van der Waals surface area contributed by atoms with E-state index in [1.807, 2.05) is 6.07 Å². The van der Waals surface area contributed by atoms with Crippen LogP contribution < -0.4 is 5.73 Å². The second kappa shape index (κ2) is 5.09. The third-order valence-electron chi connectivity index (χ3n) is 4.18. The van der Waals surface area contributed by atoms with Gasteiger partial charge in [-0.15, -0.1) is 0 Å². The maximum Gasteiger partial charge on any atom is 0.0359 e. The van der Waals surface area contributed by atoms with E-state index in [4.69, 9.17) is 5.73 Å². The van der Waals surface area contributed by atoms with E-state index < -0.39 is 0 Å². The van der Waals surface area contributed by atoms with Crippen LogP contribution in [-0.4, -0.2) is 17.5 Å². The van der Waals surface area contributed by atoms with Crippen LogP contribution >= 0.6 is 0 Å². The van der Waals surface area contributed by atoms with Crippen molar-refractivity contribution in [3.8, 4) is 0 Å². The summed E-state index contributed by atoms with van der Waals surface area (Å²) in [6.45, 7) is 9.04. The van der Waals surface area contributed by atoms with Crippen LogP contribution in [0.5, 0.6) is 0 Å². The zero-order valence-electron chi connectivity index (χ0n) is 11.2. The average Bonchev–Trinajstić information content (AvgIpc) is 2.30. The minimum atomic E-state index is 0.670. The Bertz CT molecular complexity index is 387. The zero-order chi connectivity index (χ0) is 12.4. The Hall–Kier alpha value is -1.02. The van der Waals surface area contributed by atoms with Crippen molar-refractivity contribution < 1.29 is 0 Å². The predicted molar refractivity (Wildman–Crippen MR) is 73.9 cm³/mol. The number of likely N-dealkylation sites (tertiary alicyclic amines) is 1. The van der Waals surface area contributed by atoms with Gasteiger partial charge in [-0.1, -0.05) is 24.6 Å². The standard InChI is InChI=1S/C15H24N2/c1-11-6-7-15(16)14(9-11)10-17-8-4-5-12(2)13(17)3/h6-7,9,12-13H,4-5,8,10,16H2,1-3H3. The molecule has 0 amide bonds. The number of nitrogens with zero attached hydrogens (tertiary/aromatic N) is 1. The number of anilines is 1. The molecular weight excluding hydrogens is 208 g/mol. The summed E-state index contributed by atoms with van der Waals surface area (Å²) in [6.07, 6.45) is 2.68. The van der Waals surface area contributed by atoms with E-state index in [9.17, 15) is 0 Å². The molecule has 2 rings (SSSR count). The topological polar surface area (TPSA) is 29.3 Å². The molecule has 2 N–H and O–H groups in total. The fourth-order valence-corrected chi connectivity index (χ4v) is 2.73. The van der Waals surface area contributed by atoms with Gasteiger partial charge >= 0.3 is 0 Å². The summed E-state index contributed by atoms with van der Waals surface area (Å²) in [5, 5.41) is 0. The van der Waals surface area contributed by atoms with Gasteiger partial charge in [-0.05, 0) is 50.8 Å². The van der Waals surface area contributed by atoms with Gasteiger partial charge in [0.25, 0.3) is 0 Å². The molecule has 0 aromatic heterocycles. The monoisotopic (exact) mass is 232 g/mol. The number of piperidine rings is 1. The molecule has 0 radical (unpaired) electrons. The van der Waals surface area contributed by atoms with Crippen LogP contribution in [0, 0.1) is 12.8 Å². The van der Waals surface area contributed by atoms with Crippen LogP contribution in [0.2, 0.25) is 0 Å². The second-order valence-electron chi connectivity index (χ2n) is 5.53. The lowest BCUT2D eigenvalue weighted by molar-refractivity contribution is 0.107. The molecule has 2 unspecified atom stereocenters. The second-order valence-corrected chi connectivity index (χ2v) is 5.53. The molecule has 17 heavy (non-hydrogen) atoms. The molecule has 2 nitrogen and oxygen atoms in total. The first-order chi connectivity index (χ1) is 8.08. The van der Waals surface area contributed by atoms with E-state index in [1.165, 1.54) is 30.5 Å². The lowest BCUT2D eigenvalue weighted by atomic mass is 9.91. The van der Waals surface area contributed by atoms with Gasteiger partial charge in [-0.2, -0.15) is 0 Å². The Morgan fingerprint density at radius 1 is 1.35 bits per heavy atom. The lowest BCUT2D eigenvalue weighted by Crippen LogP contribution is -2.41. The molecule has 1 aliphatic heterocycles. The van der Waals surface area contributed by atoms with Gasteiger partial charge in [-0.25, -0.2) is 0 Å². The van der Waals surface area contributed by atoms with E-state index in [0.717, 1.165) is 18.2 Å². The van der Waals surface area contributed by atoms with Crippen molar-refractivity contribution >= 4 is 5.69 Å². The minimum absolute atomic E-state index is 0.670. The van der Waals surface area contributed by atoms with E-state index >= 15 is 0 Å². The first-order valence-corrected chi connectivity index (χ1v) is 6.67. The van der Waals surface area contributed by atoms with Gasteiger partial charge in [0.2, 0.25) is 0 Å². The highest BCUT2D eigenvalue weighted by molar-refractivity contribution is 5.48. The number of nitrogens with two attached hydrogens (primary N) is 1. The Morgan fingerprint density at radius 3 is 2.88 bits per heavy atom. The molecular formula is C15H24N2. The van der Waals surface area contributed by atoms with Crippen LogP contribution in [0.25, 0.3) is 0 Å². The molecule has 0 spiro atoms. The number of benzene rings is 1. The van der Waals surface area contributed by atoms with E-state index in [-0.39, 0.29) is 0 Å². The van der Waals surface area contributed by atoms with Gasteiger partial charge in [0.15, 0.2) is 0 Å². The number of rotatable bonds is 2. The maximum atomic E-state index is 6.06. The van der Waals surface area contributed by atoms with E-state index in [2.05, 4.69) is 37.8 Å². The minimum Gasteiger partial charge on any atom is -0.398 e. The molecule has 2 atom stereocenters. The molecule has 1 aromatic carbocycles.